The zero-order valence-corrected chi connectivity index (χ0v) is 15.4. The first-order valence-corrected chi connectivity index (χ1v) is 10.3. The van der Waals surface area contributed by atoms with Gasteiger partial charge < -0.3 is 5.32 Å². The van der Waals surface area contributed by atoms with E-state index in [1.54, 1.807) is 26.9 Å². The maximum Gasteiger partial charge on any atom is 0.281 e. The van der Waals surface area contributed by atoms with Crippen LogP contribution in [-0.4, -0.2) is 60.1 Å². The summed E-state index contributed by atoms with van der Waals surface area (Å²) in [6.07, 6.45) is 6.45. The molecule has 0 spiro atoms. The summed E-state index contributed by atoms with van der Waals surface area (Å²) in [4.78, 5) is 16.1. The van der Waals surface area contributed by atoms with Gasteiger partial charge in [0, 0.05) is 44.6 Å². The van der Waals surface area contributed by atoms with E-state index in [0.717, 1.165) is 12.8 Å². The van der Waals surface area contributed by atoms with Crippen LogP contribution in [0.25, 0.3) is 0 Å². The van der Waals surface area contributed by atoms with Crippen molar-refractivity contribution in [3.63, 3.8) is 0 Å². The number of hydrogen-bond acceptors (Lipinski definition) is 4. The monoisotopic (exact) mass is 366 g/mol. The van der Waals surface area contributed by atoms with E-state index in [1.165, 1.54) is 6.20 Å². The normalized spacial score (nSPS) is 24.1. The molecular weight excluding hydrogens is 340 g/mol. The average Bonchev–Trinajstić information content (AvgIpc) is 2.63. The highest BCUT2D eigenvalue weighted by molar-refractivity contribution is 7.86. The van der Waals surface area contributed by atoms with Gasteiger partial charge in [-0.15, -0.1) is 0 Å². The van der Waals surface area contributed by atoms with Crippen LogP contribution >= 0.6 is 0 Å². The molecule has 2 aliphatic rings. The third kappa shape index (κ3) is 4.37. The fourth-order valence-electron chi connectivity index (χ4n) is 3.52. The summed E-state index contributed by atoms with van der Waals surface area (Å²) in [7, 11) is -3.38. The molecule has 1 N–H and O–H groups in total. The Labute approximate surface area is 149 Å². The first-order valence-electron chi connectivity index (χ1n) is 8.93. The predicted octanol–water partition coefficient (Wildman–Crippen LogP) is 1.25. The molecule has 0 aliphatic carbocycles. The summed E-state index contributed by atoms with van der Waals surface area (Å²) in [5.41, 5.74) is 0.528. The van der Waals surface area contributed by atoms with Crippen LogP contribution in [0.4, 0.5) is 0 Å². The Hall–Kier alpha value is -1.51. The van der Waals surface area contributed by atoms with E-state index in [-0.39, 0.29) is 11.9 Å². The Balaban J connectivity index is 1.54. The van der Waals surface area contributed by atoms with Crippen molar-refractivity contribution in [1.82, 2.24) is 18.9 Å². The number of carbonyl (C=O) groups is 1. The van der Waals surface area contributed by atoms with Crippen molar-refractivity contribution in [2.24, 2.45) is 5.92 Å². The van der Waals surface area contributed by atoms with E-state index in [2.05, 4.69) is 17.2 Å². The molecule has 1 unspecified atom stereocenters. The summed E-state index contributed by atoms with van der Waals surface area (Å²) in [5.74, 6) is 0.263. The number of carbonyl (C=O) groups excluding carboxylic acids is 1. The SMILES string of the molecule is CC1CCCN(S(=O)(=O)N2CCC(NC(=O)c3cccnc3)CC2)C1. The van der Waals surface area contributed by atoms with Crippen molar-refractivity contribution in [1.29, 1.82) is 0 Å². The van der Waals surface area contributed by atoms with E-state index in [9.17, 15) is 13.2 Å². The van der Waals surface area contributed by atoms with Crippen molar-refractivity contribution in [3.05, 3.63) is 30.1 Å². The lowest BCUT2D eigenvalue weighted by Gasteiger charge is -2.37. The predicted molar refractivity (Wildman–Crippen MR) is 95.2 cm³/mol. The molecule has 1 amide bonds. The van der Waals surface area contributed by atoms with E-state index >= 15 is 0 Å². The molecule has 1 aromatic rings. The number of rotatable bonds is 4. The van der Waals surface area contributed by atoms with Gasteiger partial charge in [0.1, 0.15) is 0 Å². The fourth-order valence-corrected chi connectivity index (χ4v) is 5.32. The third-order valence-electron chi connectivity index (χ3n) is 4.99. The third-order valence-corrected chi connectivity index (χ3v) is 6.99. The van der Waals surface area contributed by atoms with E-state index in [4.69, 9.17) is 0 Å². The second kappa shape index (κ2) is 7.80. The van der Waals surface area contributed by atoms with Gasteiger partial charge in [-0.25, -0.2) is 0 Å². The van der Waals surface area contributed by atoms with Crippen LogP contribution in [0, 0.1) is 5.92 Å². The molecule has 1 aromatic heterocycles. The van der Waals surface area contributed by atoms with Crippen LogP contribution in [0.5, 0.6) is 0 Å². The van der Waals surface area contributed by atoms with Crippen molar-refractivity contribution in [2.75, 3.05) is 26.2 Å². The van der Waals surface area contributed by atoms with Gasteiger partial charge in [-0.05, 0) is 43.7 Å². The van der Waals surface area contributed by atoms with Crippen molar-refractivity contribution >= 4 is 16.1 Å². The molecule has 8 heteroatoms. The van der Waals surface area contributed by atoms with Crippen LogP contribution in [0.1, 0.15) is 43.0 Å². The fraction of sp³-hybridized carbons (Fsp3) is 0.647. The zero-order chi connectivity index (χ0) is 17.9. The highest BCUT2D eigenvalue weighted by atomic mass is 32.2. The number of pyridine rings is 1. The number of aromatic nitrogens is 1. The molecule has 3 heterocycles. The highest BCUT2D eigenvalue weighted by Crippen LogP contribution is 2.23. The standard InChI is InChI=1S/C17H26N4O3S/c1-14-4-3-9-21(13-14)25(23,24)20-10-6-16(7-11-20)19-17(22)15-5-2-8-18-12-15/h2,5,8,12,14,16H,3-4,6-7,9-11,13H2,1H3,(H,19,22). The van der Waals surface area contributed by atoms with Crippen molar-refractivity contribution in [2.45, 2.75) is 38.6 Å². The van der Waals surface area contributed by atoms with Gasteiger partial charge in [-0.1, -0.05) is 6.92 Å². The average molecular weight is 366 g/mol. The van der Waals surface area contributed by atoms with E-state index in [1.807, 2.05) is 0 Å². The lowest BCUT2D eigenvalue weighted by molar-refractivity contribution is 0.0922. The zero-order valence-electron chi connectivity index (χ0n) is 14.6. The Kier molecular flexibility index (Phi) is 5.71. The van der Waals surface area contributed by atoms with Gasteiger partial charge in [-0.2, -0.15) is 17.0 Å². The van der Waals surface area contributed by atoms with Crippen LogP contribution in [0.15, 0.2) is 24.5 Å². The summed E-state index contributed by atoms with van der Waals surface area (Å²) < 4.78 is 28.8. The molecular formula is C17H26N4O3S. The molecule has 7 nitrogen and oxygen atoms in total. The summed E-state index contributed by atoms with van der Waals surface area (Å²) in [6, 6.07) is 3.45. The van der Waals surface area contributed by atoms with Crippen molar-refractivity contribution < 1.29 is 13.2 Å². The van der Waals surface area contributed by atoms with Gasteiger partial charge in [-0.3, -0.25) is 9.78 Å². The maximum absolute atomic E-state index is 12.8. The largest absolute Gasteiger partial charge is 0.349 e. The first-order chi connectivity index (χ1) is 12.0. The molecule has 2 aliphatic heterocycles. The minimum Gasteiger partial charge on any atom is -0.349 e. The molecule has 1 atom stereocenters. The van der Waals surface area contributed by atoms with Crippen molar-refractivity contribution in [3.8, 4) is 0 Å². The second-order valence-electron chi connectivity index (χ2n) is 7.00. The number of amides is 1. The quantitative estimate of drug-likeness (QED) is 0.869. The minimum atomic E-state index is -3.38. The van der Waals surface area contributed by atoms with Gasteiger partial charge >= 0.3 is 0 Å². The van der Waals surface area contributed by atoms with Gasteiger partial charge in [0.25, 0.3) is 16.1 Å². The Bertz CT molecular complexity index is 687. The van der Waals surface area contributed by atoms with Crippen LogP contribution in [0.3, 0.4) is 0 Å². The van der Waals surface area contributed by atoms with Crippen LogP contribution < -0.4 is 5.32 Å². The number of piperidine rings is 2. The molecule has 0 bridgehead atoms. The van der Waals surface area contributed by atoms with Gasteiger partial charge in [0.15, 0.2) is 0 Å². The molecule has 25 heavy (non-hydrogen) atoms. The van der Waals surface area contributed by atoms with E-state index in [0.29, 0.717) is 50.5 Å². The maximum atomic E-state index is 12.8. The summed E-state index contributed by atoms with van der Waals surface area (Å²) >= 11 is 0. The molecule has 2 fully saturated rings. The molecule has 0 radical (unpaired) electrons. The number of hydrogen-bond donors (Lipinski definition) is 1. The second-order valence-corrected chi connectivity index (χ2v) is 8.93. The molecule has 138 valence electrons. The molecule has 3 rings (SSSR count). The van der Waals surface area contributed by atoms with Crippen LogP contribution in [0.2, 0.25) is 0 Å². The molecule has 2 saturated heterocycles. The minimum absolute atomic E-state index is 0.000523. The summed E-state index contributed by atoms with van der Waals surface area (Å²) in [6.45, 7) is 4.22. The highest BCUT2D eigenvalue weighted by Gasteiger charge is 2.35. The number of nitrogens with zero attached hydrogens (tertiary/aromatic N) is 3. The van der Waals surface area contributed by atoms with Gasteiger partial charge in [0.2, 0.25) is 0 Å². The molecule has 0 saturated carbocycles. The molecule has 0 aromatic carbocycles. The Morgan fingerprint density at radius 2 is 1.96 bits per heavy atom. The smallest absolute Gasteiger partial charge is 0.281 e. The number of nitrogens with one attached hydrogen (secondary N) is 1. The first kappa shape index (κ1) is 18.3. The topological polar surface area (TPSA) is 82.6 Å². The van der Waals surface area contributed by atoms with Crippen LogP contribution in [-0.2, 0) is 10.2 Å². The van der Waals surface area contributed by atoms with Gasteiger partial charge in [0.05, 0.1) is 5.56 Å². The lowest BCUT2D eigenvalue weighted by Crippen LogP contribution is -2.52. The Morgan fingerprint density at radius 1 is 1.20 bits per heavy atom. The Morgan fingerprint density at radius 3 is 2.60 bits per heavy atom. The van der Waals surface area contributed by atoms with E-state index < -0.39 is 10.2 Å². The lowest BCUT2D eigenvalue weighted by atomic mass is 10.0. The summed E-state index contributed by atoms with van der Waals surface area (Å²) in [5, 5.41) is 2.98.